The predicted molar refractivity (Wildman–Crippen MR) is 52.5 cm³/mol. The number of carbonyl (C=O) groups is 2. The number of rotatable bonds is 7. The summed E-state index contributed by atoms with van der Waals surface area (Å²) < 4.78 is 0. The predicted octanol–water partition coefficient (Wildman–Crippen LogP) is -4.83. The molecule has 0 spiro atoms. The van der Waals surface area contributed by atoms with E-state index in [4.69, 9.17) is 15.3 Å². The lowest BCUT2D eigenvalue weighted by Crippen LogP contribution is -3.13. The van der Waals surface area contributed by atoms with Crippen molar-refractivity contribution in [1.82, 2.24) is 0 Å². The summed E-state index contributed by atoms with van der Waals surface area (Å²) in [7, 11) is 0. The van der Waals surface area contributed by atoms with Crippen LogP contribution in [0.3, 0.4) is 0 Å². The highest BCUT2D eigenvalue weighted by Crippen LogP contribution is 1.56. The molecule has 0 saturated carbocycles. The molecule has 0 fully saturated rings. The summed E-state index contributed by atoms with van der Waals surface area (Å²) in [6, 6.07) is 0. The number of hydrogen-bond donors (Lipinski definition) is 4. The Kier molecular flexibility index (Phi) is 13.1. The molecule has 0 heterocycles. The van der Waals surface area contributed by atoms with Crippen LogP contribution in [-0.2, 0) is 9.59 Å². The summed E-state index contributed by atoms with van der Waals surface area (Å²) >= 11 is 0. The molecule has 0 aliphatic rings. The molecule has 0 radical (unpaired) electrons. The number of hydrogen-bond acceptors (Lipinski definition) is 6. The van der Waals surface area contributed by atoms with Crippen LogP contribution in [0.2, 0.25) is 0 Å². The van der Waals surface area contributed by atoms with Gasteiger partial charge in [-0.25, -0.2) is 0 Å². The van der Waals surface area contributed by atoms with Crippen molar-refractivity contribution < 1.29 is 34.9 Å². The zero-order chi connectivity index (χ0) is 13.0. The maximum absolute atomic E-state index is 9.48. The minimum atomic E-state index is -1.63. The van der Waals surface area contributed by atoms with Crippen LogP contribution in [0, 0.1) is 0 Å². The third kappa shape index (κ3) is 13.0. The molecule has 7 heteroatoms. The number of nitrogens with one attached hydrogen (secondary N) is 1. The molecule has 0 saturated heterocycles. The number of aliphatic hydroxyl groups excluding tert-OH is 3. The van der Waals surface area contributed by atoms with E-state index in [2.05, 4.69) is 0 Å². The Bertz CT molecular complexity index is 170. The molecule has 7 nitrogen and oxygen atoms in total. The quantitative estimate of drug-likeness (QED) is 0.329. The Labute approximate surface area is 93.9 Å². The minimum absolute atomic E-state index is 0.106. The molecule has 0 atom stereocenters. The third-order valence-electron chi connectivity index (χ3n) is 1.68. The maximum atomic E-state index is 9.48. The van der Waals surface area contributed by atoms with Gasteiger partial charge in [0.05, 0.1) is 19.8 Å². The Morgan fingerprint density at radius 1 is 1.00 bits per heavy atom. The van der Waals surface area contributed by atoms with Gasteiger partial charge < -0.3 is 30.1 Å². The van der Waals surface area contributed by atoms with Gasteiger partial charge in [0.15, 0.2) is 5.78 Å². The SMILES string of the molecule is CC(=O)C(=O)[O-].OCC[NH+](CCO)CCO. The number of aliphatic carboxylic acids is 1. The van der Waals surface area contributed by atoms with Crippen LogP contribution in [0.15, 0.2) is 0 Å². The van der Waals surface area contributed by atoms with Crippen LogP contribution >= 0.6 is 0 Å². The van der Waals surface area contributed by atoms with Gasteiger partial charge in [-0.3, -0.25) is 4.79 Å². The van der Waals surface area contributed by atoms with Crippen LogP contribution in [0.4, 0.5) is 0 Å². The van der Waals surface area contributed by atoms with E-state index in [1.165, 1.54) is 0 Å². The summed E-state index contributed by atoms with van der Waals surface area (Å²) in [5.74, 6) is -2.56. The minimum Gasteiger partial charge on any atom is -0.542 e. The summed E-state index contributed by atoms with van der Waals surface area (Å²) in [6.45, 7) is 3.05. The van der Waals surface area contributed by atoms with Crippen molar-refractivity contribution in [2.45, 2.75) is 6.92 Å². The molecule has 4 N–H and O–H groups in total. The molecule has 0 aliphatic heterocycles. The second-order valence-corrected chi connectivity index (χ2v) is 3.01. The van der Waals surface area contributed by atoms with E-state index in [0.29, 0.717) is 19.6 Å². The molecule has 0 aromatic heterocycles. The van der Waals surface area contributed by atoms with Gasteiger partial charge in [-0.05, 0) is 0 Å². The largest absolute Gasteiger partial charge is 0.542 e. The van der Waals surface area contributed by atoms with E-state index in [9.17, 15) is 14.7 Å². The van der Waals surface area contributed by atoms with Gasteiger partial charge in [0, 0.05) is 6.92 Å². The molecule has 0 rings (SSSR count). The van der Waals surface area contributed by atoms with Gasteiger partial charge >= 0.3 is 0 Å². The fourth-order valence-electron chi connectivity index (χ4n) is 0.849. The van der Waals surface area contributed by atoms with Crippen LogP contribution in [0.1, 0.15) is 6.92 Å². The molecule has 0 unspecified atom stereocenters. The van der Waals surface area contributed by atoms with Gasteiger partial charge in [-0.1, -0.05) is 0 Å². The number of ketones is 1. The lowest BCUT2D eigenvalue weighted by Gasteiger charge is -2.15. The number of carboxylic acid groups (broad SMARTS) is 1. The molecule has 0 aliphatic carbocycles. The molecular weight excluding hydrogens is 218 g/mol. The molecular formula is C9H19NO6. The molecule has 0 aromatic rings. The zero-order valence-corrected chi connectivity index (χ0v) is 9.31. The van der Waals surface area contributed by atoms with Crippen molar-refractivity contribution in [2.24, 2.45) is 0 Å². The van der Waals surface area contributed by atoms with Crippen molar-refractivity contribution in [3.8, 4) is 0 Å². The first-order valence-corrected chi connectivity index (χ1v) is 4.87. The van der Waals surface area contributed by atoms with Crippen LogP contribution < -0.4 is 10.0 Å². The normalized spacial score (nSPS) is 9.56. The lowest BCUT2D eigenvalue weighted by atomic mass is 10.4. The Morgan fingerprint density at radius 2 is 1.25 bits per heavy atom. The fraction of sp³-hybridized carbons (Fsp3) is 0.778. The third-order valence-corrected chi connectivity index (χ3v) is 1.68. The van der Waals surface area contributed by atoms with Crippen molar-refractivity contribution >= 4 is 11.8 Å². The summed E-state index contributed by atoms with van der Waals surface area (Å²) in [4.78, 5) is 19.8. The first-order valence-electron chi connectivity index (χ1n) is 4.87. The molecule has 0 aromatic carbocycles. The summed E-state index contributed by atoms with van der Waals surface area (Å²) in [5, 5.41) is 34.8. The number of carbonyl (C=O) groups excluding carboxylic acids is 2. The summed E-state index contributed by atoms with van der Waals surface area (Å²) in [6.07, 6.45) is 0. The number of carboxylic acids is 1. The standard InChI is InChI=1S/C6H15NO3.C3H4O3/c8-4-1-7(2-5-9)3-6-10;1-2(4)3(5)6/h8-10H,1-6H2;1H3,(H,5,6). The Hall–Kier alpha value is -1.02. The van der Waals surface area contributed by atoms with Gasteiger partial charge in [0.2, 0.25) is 0 Å². The average molecular weight is 237 g/mol. The monoisotopic (exact) mass is 237 g/mol. The van der Waals surface area contributed by atoms with Crippen molar-refractivity contribution in [2.75, 3.05) is 39.5 Å². The topological polar surface area (TPSA) is 122 Å². The number of aliphatic hydroxyl groups is 3. The first kappa shape index (κ1) is 17.4. The number of Topliss-reactive ketones (excluding diaryl/α,β-unsaturated/α-hetero) is 1. The molecule has 0 bridgehead atoms. The van der Waals surface area contributed by atoms with Gasteiger partial charge in [0.25, 0.3) is 0 Å². The van der Waals surface area contributed by atoms with Crippen LogP contribution in [0.5, 0.6) is 0 Å². The lowest BCUT2D eigenvalue weighted by molar-refractivity contribution is -0.901. The Morgan fingerprint density at radius 3 is 1.38 bits per heavy atom. The smallest absolute Gasteiger partial charge is 0.175 e. The zero-order valence-electron chi connectivity index (χ0n) is 9.31. The van der Waals surface area contributed by atoms with E-state index in [-0.39, 0.29) is 19.8 Å². The van der Waals surface area contributed by atoms with E-state index >= 15 is 0 Å². The second-order valence-electron chi connectivity index (χ2n) is 3.01. The Balaban J connectivity index is 0. The van der Waals surface area contributed by atoms with E-state index in [0.717, 1.165) is 11.8 Å². The van der Waals surface area contributed by atoms with Gasteiger partial charge in [-0.15, -0.1) is 0 Å². The van der Waals surface area contributed by atoms with Crippen LogP contribution in [0.25, 0.3) is 0 Å². The second kappa shape index (κ2) is 12.1. The van der Waals surface area contributed by atoms with E-state index < -0.39 is 11.8 Å². The highest BCUT2D eigenvalue weighted by atomic mass is 16.4. The first-order chi connectivity index (χ1) is 7.49. The van der Waals surface area contributed by atoms with Crippen molar-refractivity contribution in [3.63, 3.8) is 0 Å². The van der Waals surface area contributed by atoms with Crippen molar-refractivity contribution in [3.05, 3.63) is 0 Å². The molecule has 0 amide bonds. The van der Waals surface area contributed by atoms with Gasteiger partial charge in [0.1, 0.15) is 25.6 Å². The highest BCUT2D eigenvalue weighted by molar-refractivity contribution is 6.30. The molecule has 96 valence electrons. The average Bonchev–Trinajstić information content (AvgIpc) is 2.19. The fourth-order valence-corrected chi connectivity index (χ4v) is 0.849. The van der Waals surface area contributed by atoms with E-state index in [1.807, 2.05) is 0 Å². The highest BCUT2D eigenvalue weighted by Gasteiger charge is 2.03. The summed E-state index contributed by atoms with van der Waals surface area (Å²) in [5.41, 5.74) is 0. The van der Waals surface area contributed by atoms with Crippen molar-refractivity contribution in [1.29, 1.82) is 0 Å². The van der Waals surface area contributed by atoms with E-state index in [1.54, 1.807) is 0 Å². The molecule has 16 heavy (non-hydrogen) atoms. The maximum Gasteiger partial charge on any atom is 0.175 e. The van der Waals surface area contributed by atoms with Gasteiger partial charge in [-0.2, -0.15) is 0 Å². The van der Waals surface area contributed by atoms with Crippen LogP contribution in [-0.4, -0.2) is 66.5 Å². The number of quaternary nitrogens is 1.